The van der Waals surface area contributed by atoms with Crippen LogP contribution in [0.5, 0.6) is 0 Å². The maximum Gasteiger partial charge on any atom is 0.270 e. The molecule has 0 spiro atoms. The van der Waals surface area contributed by atoms with Crippen LogP contribution in [-0.2, 0) is 0 Å². The molecule has 2 N–H and O–H groups in total. The zero-order valence-corrected chi connectivity index (χ0v) is 13.0. The van der Waals surface area contributed by atoms with Crippen LogP contribution < -0.4 is 10.6 Å². The number of nitrogens with zero attached hydrogens (tertiary/aromatic N) is 1. The van der Waals surface area contributed by atoms with Crippen LogP contribution in [0.1, 0.15) is 43.1 Å². The van der Waals surface area contributed by atoms with Gasteiger partial charge in [0.05, 0.1) is 11.9 Å². The first kappa shape index (κ1) is 15.2. The molecular weight excluding hydrogens is 270 g/mol. The Morgan fingerprint density at radius 3 is 2.65 bits per heavy atom. The Bertz CT molecular complexity index is 427. The summed E-state index contributed by atoms with van der Waals surface area (Å²) in [6.07, 6.45) is 8.42. The lowest BCUT2D eigenvalue weighted by atomic mass is 9.95. The number of pyridine rings is 1. The van der Waals surface area contributed by atoms with Gasteiger partial charge >= 0.3 is 0 Å². The molecule has 0 aromatic carbocycles. The molecule has 110 valence electrons. The van der Waals surface area contributed by atoms with Gasteiger partial charge in [0, 0.05) is 17.8 Å². The van der Waals surface area contributed by atoms with Crippen molar-refractivity contribution in [3.63, 3.8) is 0 Å². The largest absolute Gasteiger partial charge is 0.384 e. The van der Waals surface area contributed by atoms with Crippen LogP contribution in [0.2, 0.25) is 0 Å². The second kappa shape index (κ2) is 7.53. The lowest BCUT2D eigenvalue weighted by molar-refractivity contribution is 0.0923. The molecule has 2 rings (SSSR count). The van der Waals surface area contributed by atoms with Gasteiger partial charge in [-0.2, -0.15) is 11.8 Å². The van der Waals surface area contributed by atoms with Crippen LogP contribution in [0.25, 0.3) is 0 Å². The number of aromatic nitrogens is 1. The van der Waals surface area contributed by atoms with Gasteiger partial charge in [-0.3, -0.25) is 4.79 Å². The Morgan fingerprint density at radius 2 is 2.10 bits per heavy atom. The molecule has 1 aromatic heterocycles. The third-order valence-electron chi connectivity index (χ3n) is 3.72. The van der Waals surface area contributed by atoms with Gasteiger partial charge in [-0.25, -0.2) is 4.98 Å². The molecule has 0 saturated heterocycles. The Labute approximate surface area is 125 Å². The molecule has 1 heterocycles. The third kappa shape index (κ3) is 4.13. The summed E-state index contributed by atoms with van der Waals surface area (Å²) in [7, 11) is 0. The van der Waals surface area contributed by atoms with Crippen molar-refractivity contribution in [1.29, 1.82) is 0 Å². The number of nitrogens with one attached hydrogen (secondary N) is 2. The summed E-state index contributed by atoms with van der Waals surface area (Å²) in [4.78, 5) is 16.3. The second-order valence-electron chi connectivity index (χ2n) is 5.15. The molecule has 0 unspecified atom stereocenters. The normalized spacial score (nSPS) is 22.3. The zero-order valence-electron chi connectivity index (χ0n) is 12.2. The Hall–Kier alpha value is -1.23. The van der Waals surface area contributed by atoms with E-state index in [4.69, 9.17) is 0 Å². The van der Waals surface area contributed by atoms with Crippen molar-refractivity contribution in [1.82, 2.24) is 10.3 Å². The first-order chi connectivity index (χ1) is 9.72. The Morgan fingerprint density at radius 1 is 1.35 bits per heavy atom. The highest BCUT2D eigenvalue weighted by molar-refractivity contribution is 7.99. The maximum atomic E-state index is 12.1. The van der Waals surface area contributed by atoms with E-state index in [9.17, 15) is 4.79 Å². The number of carbonyl (C=O) groups is 1. The second-order valence-corrected chi connectivity index (χ2v) is 6.28. The van der Waals surface area contributed by atoms with Gasteiger partial charge in [0.25, 0.3) is 5.91 Å². The van der Waals surface area contributed by atoms with Crippen LogP contribution in [-0.4, -0.2) is 35.0 Å². The van der Waals surface area contributed by atoms with Crippen LogP contribution in [0.4, 0.5) is 5.69 Å². The van der Waals surface area contributed by atoms with E-state index >= 15 is 0 Å². The minimum atomic E-state index is -0.0550. The third-order valence-corrected chi connectivity index (χ3v) is 4.86. The van der Waals surface area contributed by atoms with Crippen molar-refractivity contribution < 1.29 is 4.79 Å². The first-order valence-corrected chi connectivity index (χ1v) is 8.55. The highest BCUT2D eigenvalue weighted by Gasteiger charge is 2.22. The standard InChI is InChI=1S/C15H23N3OS/c1-3-16-12-6-9-14(17-10-12)15(19)18-11-4-7-13(20-2)8-5-11/h6,9-11,13,16H,3-5,7-8H2,1-2H3,(H,18,19). The van der Waals surface area contributed by atoms with Gasteiger partial charge in [-0.05, 0) is 51.0 Å². The summed E-state index contributed by atoms with van der Waals surface area (Å²) in [6.45, 7) is 2.89. The van der Waals surface area contributed by atoms with Crippen molar-refractivity contribution in [2.75, 3.05) is 18.1 Å². The molecule has 4 nitrogen and oxygen atoms in total. The number of amides is 1. The van der Waals surface area contributed by atoms with Crippen molar-refractivity contribution in [3.8, 4) is 0 Å². The number of anilines is 1. The highest BCUT2D eigenvalue weighted by Crippen LogP contribution is 2.26. The lowest BCUT2D eigenvalue weighted by Crippen LogP contribution is -2.38. The van der Waals surface area contributed by atoms with Crippen LogP contribution >= 0.6 is 11.8 Å². The van der Waals surface area contributed by atoms with Crippen molar-refractivity contribution in [3.05, 3.63) is 24.0 Å². The molecule has 1 aliphatic carbocycles. The molecule has 1 amide bonds. The Balaban J connectivity index is 1.85. The quantitative estimate of drug-likeness (QED) is 0.876. The SMILES string of the molecule is CCNc1ccc(C(=O)NC2CCC(SC)CC2)nc1. The van der Waals surface area contributed by atoms with Crippen LogP contribution in [0.3, 0.4) is 0 Å². The maximum absolute atomic E-state index is 12.1. The molecule has 1 aliphatic rings. The molecule has 0 atom stereocenters. The van der Waals surface area contributed by atoms with E-state index in [2.05, 4.69) is 21.9 Å². The van der Waals surface area contributed by atoms with Gasteiger partial charge < -0.3 is 10.6 Å². The van der Waals surface area contributed by atoms with E-state index in [0.29, 0.717) is 11.7 Å². The number of hydrogen-bond acceptors (Lipinski definition) is 4. The van der Waals surface area contributed by atoms with Crippen molar-refractivity contribution in [2.24, 2.45) is 0 Å². The molecule has 0 bridgehead atoms. The number of rotatable bonds is 5. The van der Waals surface area contributed by atoms with Crippen LogP contribution in [0, 0.1) is 0 Å². The fourth-order valence-electron chi connectivity index (χ4n) is 2.54. The summed E-state index contributed by atoms with van der Waals surface area (Å²) < 4.78 is 0. The molecule has 20 heavy (non-hydrogen) atoms. The number of carbonyl (C=O) groups excluding carboxylic acids is 1. The molecule has 1 fully saturated rings. The first-order valence-electron chi connectivity index (χ1n) is 7.26. The van der Waals surface area contributed by atoms with Gasteiger partial charge in [0.1, 0.15) is 5.69 Å². The fourth-order valence-corrected chi connectivity index (χ4v) is 3.28. The predicted octanol–water partition coefficient (Wildman–Crippen LogP) is 2.92. The van der Waals surface area contributed by atoms with E-state index in [1.807, 2.05) is 24.8 Å². The minimum absolute atomic E-state index is 0.0550. The summed E-state index contributed by atoms with van der Waals surface area (Å²) in [5.74, 6) is -0.0550. The van der Waals surface area contributed by atoms with Crippen molar-refractivity contribution in [2.45, 2.75) is 43.9 Å². The molecule has 5 heteroatoms. The van der Waals surface area contributed by atoms with Gasteiger partial charge in [-0.1, -0.05) is 0 Å². The highest BCUT2D eigenvalue weighted by atomic mass is 32.2. The van der Waals surface area contributed by atoms with E-state index in [1.54, 1.807) is 12.3 Å². The lowest BCUT2D eigenvalue weighted by Gasteiger charge is -2.27. The fraction of sp³-hybridized carbons (Fsp3) is 0.600. The monoisotopic (exact) mass is 293 g/mol. The van der Waals surface area contributed by atoms with E-state index < -0.39 is 0 Å². The van der Waals surface area contributed by atoms with Crippen LogP contribution in [0.15, 0.2) is 18.3 Å². The van der Waals surface area contributed by atoms with Crippen molar-refractivity contribution >= 4 is 23.4 Å². The average Bonchev–Trinajstić information content (AvgIpc) is 2.49. The molecule has 1 aromatic rings. The molecule has 0 aliphatic heterocycles. The van der Waals surface area contributed by atoms with Gasteiger partial charge in [0.15, 0.2) is 0 Å². The summed E-state index contributed by atoms with van der Waals surface area (Å²) in [5, 5.41) is 7.03. The topological polar surface area (TPSA) is 54.0 Å². The van der Waals surface area contributed by atoms with Gasteiger partial charge in [0.2, 0.25) is 0 Å². The summed E-state index contributed by atoms with van der Waals surface area (Å²) in [5.41, 5.74) is 1.45. The summed E-state index contributed by atoms with van der Waals surface area (Å²) >= 11 is 1.94. The zero-order chi connectivity index (χ0) is 14.4. The number of hydrogen-bond donors (Lipinski definition) is 2. The van der Waals surface area contributed by atoms with E-state index in [-0.39, 0.29) is 5.91 Å². The molecule has 0 radical (unpaired) electrons. The number of thioether (sulfide) groups is 1. The summed E-state index contributed by atoms with van der Waals surface area (Å²) in [6, 6.07) is 3.98. The molecular formula is C15H23N3OS. The van der Waals surface area contributed by atoms with E-state index in [1.165, 1.54) is 12.8 Å². The smallest absolute Gasteiger partial charge is 0.270 e. The van der Waals surface area contributed by atoms with E-state index in [0.717, 1.165) is 30.3 Å². The van der Waals surface area contributed by atoms with Gasteiger partial charge in [-0.15, -0.1) is 0 Å². The predicted molar refractivity (Wildman–Crippen MR) is 85.4 cm³/mol. The molecule has 1 saturated carbocycles. The Kier molecular flexibility index (Phi) is 5.71. The minimum Gasteiger partial charge on any atom is -0.384 e. The average molecular weight is 293 g/mol.